The fourth-order valence-corrected chi connectivity index (χ4v) is 1.53. The topological polar surface area (TPSA) is 88.2 Å². The van der Waals surface area contributed by atoms with E-state index in [4.69, 9.17) is 10.8 Å². The minimum Gasteiger partial charge on any atom is -0.480 e. The number of carboxylic acids is 1. The van der Waals surface area contributed by atoms with Crippen LogP contribution in [-0.2, 0) is 11.3 Å². The molecule has 0 aromatic carbocycles. The third-order valence-electron chi connectivity index (χ3n) is 1.47. The number of carboxylic acid groups (broad SMARTS) is 1. The largest absolute Gasteiger partial charge is 0.480 e. The maximum Gasteiger partial charge on any atom is 0.325 e. The van der Waals surface area contributed by atoms with E-state index >= 15 is 0 Å². The van der Waals surface area contributed by atoms with Crippen LogP contribution < -0.4 is 11.1 Å². The highest BCUT2D eigenvalue weighted by molar-refractivity contribution is 7.13. The highest BCUT2D eigenvalue weighted by Crippen LogP contribution is 2.15. The molecule has 0 spiro atoms. The Labute approximate surface area is 79.6 Å². The Morgan fingerprint density at radius 3 is 3.08 bits per heavy atom. The average molecular weight is 201 g/mol. The quantitative estimate of drug-likeness (QED) is 0.659. The number of nitrogens with one attached hydrogen (secondary N) is 1. The molecule has 0 aliphatic carbocycles. The maximum absolute atomic E-state index is 10.5. The van der Waals surface area contributed by atoms with Crippen molar-refractivity contribution in [3.63, 3.8) is 0 Å². The first kappa shape index (κ1) is 9.94. The molecule has 6 heteroatoms. The number of aliphatic carboxylic acids is 1. The molecule has 1 heterocycles. The zero-order valence-corrected chi connectivity index (χ0v) is 7.97. The summed E-state index contributed by atoms with van der Waals surface area (Å²) in [6.07, 6.45) is 0. The number of hydrogen-bond acceptors (Lipinski definition) is 5. The van der Waals surface area contributed by atoms with E-state index in [1.54, 1.807) is 12.3 Å². The Hall–Kier alpha value is -1.14. The molecule has 1 aromatic rings. The summed E-state index contributed by atoms with van der Waals surface area (Å²) in [5, 5.41) is 13.7. The SMILES string of the molecule is CC(Nc1nc(CN)cs1)C(=O)O. The van der Waals surface area contributed by atoms with Crippen LogP contribution in [0, 0.1) is 0 Å². The molecule has 0 bridgehead atoms. The van der Waals surface area contributed by atoms with Gasteiger partial charge in [-0.25, -0.2) is 4.98 Å². The van der Waals surface area contributed by atoms with Crippen LogP contribution in [0.15, 0.2) is 5.38 Å². The molecule has 0 saturated heterocycles. The fraction of sp³-hybridized carbons (Fsp3) is 0.429. The number of rotatable bonds is 4. The molecule has 0 aliphatic rings. The van der Waals surface area contributed by atoms with Gasteiger partial charge in [0, 0.05) is 11.9 Å². The highest BCUT2D eigenvalue weighted by atomic mass is 32.1. The van der Waals surface area contributed by atoms with Crippen molar-refractivity contribution in [1.82, 2.24) is 4.98 Å². The Morgan fingerprint density at radius 1 is 1.92 bits per heavy atom. The number of thiazole rings is 1. The zero-order chi connectivity index (χ0) is 9.84. The van der Waals surface area contributed by atoms with Gasteiger partial charge in [0.15, 0.2) is 5.13 Å². The summed E-state index contributed by atoms with van der Waals surface area (Å²) in [5.41, 5.74) is 6.12. The molecule has 0 aliphatic heterocycles. The van der Waals surface area contributed by atoms with Crippen LogP contribution in [0.1, 0.15) is 12.6 Å². The first-order valence-corrected chi connectivity index (χ1v) is 4.65. The van der Waals surface area contributed by atoms with Crippen LogP contribution in [0.25, 0.3) is 0 Å². The van der Waals surface area contributed by atoms with E-state index in [-0.39, 0.29) is 0 Å². The third-order valence-corrected chi connectivity index (χ3v) is 2.29. The van der Waals surface area contributed by atoms with Crippen LogP contribution in [-0.4, -0.2) is 22.1 Å². The summed E-state index contributed by atoms with van der Waals surface area (Å²) in [5.74, 6) is -0.899. The van der Waals surface area contributed by atoms with Crippen molar-refractivity contribution in [3.05, 3.63) is 11.1 Å². The Balaban J connectivity index is 2.58. The molecular weight excluding hydrogens is 190 g/mol. The number of nitrogens with zero attached hydrogens (tertiary/aromatic N) is 1. The molecule has 5 nitrogen and oxygen atoms in total. The summed E-state index contributed by atoms with van der Waals surface area (Å²) < 4.78 is 0. The van der Waals surface area contributed by atoms with Gasteiger partial charge in [-0.3, -0.25) is 4.79 Å². The summed E-state index contributed by atoms with van der Waals surface area (Å²) in [4.78, 5) is 14.5. The van der Waals surface area contributed by atoms with E-state index in [0.717, 1.165) is 5.69 Å². The fourth-order valence-electron chi connectivity index (χ4n) is 0.714. The van der Waals surface area contributed by atoms with Gasteiger partial charge in [-0.05, 0) is 6.92 Å². The normalized spacial score (nSPS) is 12.5. The minimum atomic E-state index is -0.899. The highest BCUT2D eigenvalue weighted by Gasteiger charge is 2.11. The van der Waals surface area contributed by atoms with E-state index in [1.807, 2.05) is 0 Å². The standard InChI is InChI=1S/C7H11N3O2S/c1-4(6(11)12)9-7-10-5(2-8)3-13-7/h3-4H,2,8H2,1H3,(H,9,10)(H,11,12). The van der Waals surface area contributed by atoms with Crippen molar-refractivity contribution in [2.75, 3.05) is 5.32 Å². The molecule has 1 atom stereocenters. The second kappa shape index (κ2) is 4.20. The lowest BCUT2D eigenvalue weighted by atomic mass is 10.4. The summed E-state index contributed by atoms with van der Waals surface area (Å²) in [6, 6.07) is -0.628. The van der Waals surface area contributed by atoms with Crippen molar-refractivity contribution >= 4 is 22.4 Å². The van der Waals surface area contributed by atoms with Gasteiger partial charge in [-0.2, -0.15) is 0 Å². The van der Waals surface area contributed by atoms with Crippen LogP contribution in [0.2, 0.25) is 0 Å². The molecule has 0 radical (unpaired) electrons. The van der Waals surface area contributed by atoms with Crippen molar-refractivity contribution in [2.45, 2.75) is 19.5 Å². The molecular formula is C7H11N3O2S. The van der Waals surface area contributed by atoms with Gasteiger partial charge in [0.25, 0.3) is 0 Å². The molecule has 0 amide bonds. The zero-order valence-electron chi connectivity index (χ0n) is 7.15. The predicted octanol–water partition coefficient (Wildman–Crippen LogP) is 0.487. The number of anilines is 1. The molecule has 1 unspecified atom stereocenters. The van der Waals surface area contributed by atoms with Crippen LogP contribution in [0.5, 0.6) is 0 Å². The second-order valence-corrected chi connectivity index (χ2v) is 3.41. The van der Waals surface area contributed by atoms with E-state index in [0.29, 0.717) is 11.7 Å². The molecule has 13 heavy (non-hydrogen) atoms. The molecule has 4 N–H and O–H groups in total. The Morgan fingerprint density at radius 2 is 2.62 bits per heavy atom. The maximum atomic E-state index is 10.5. The van der Waals surface area contributed by atoms with Crippen molar-refractivity contribution in [3.8, 4) is 0 Å². The van der Waals surface area contributed by atoms with Gasteiger partial charge in [0.05, 0.1) is 5.69 Å². The number of carbonyl (C=O) groups is 1. The van der Waals surface area contributed by atoms with E-state index in [1.165, 1.54) is 11.3 Å². The van der Waals surface area contributed by atoms with Gasteiger partial charge < -0.3 is 16.2 Å². The van der Waals surface area contributed by atoms with Gasteiger partial charge in [0.1, 0.15) is 6.04 Å². The molecule has 0 fully saturated rings. The molecule has 0 saturated carbocycles. The van der Waals surface area contributed by atoms with Crippen molar-refractivity contribution < 1.29 is 9.90 Å². The lowest BCUT2D eigenvalue weighted by molar-refractivity contribution is -0.137. The number of aromatic nitrogens is 1. The Kier molecular flexibility index (Phi) is 3.21. The monoisotopic (exact) mass is 201 g/mol. The summed E-state index contributed by atoms with van der Waals surface area (Å²) in [7, 11) is 0. The van der Waals surface area contributed by atoms with Crippen molar-refractivity contribution in [1.29, 1.82) is 0 Å². The molecule has 72 valence electrons. The smallest absolute Gasteiger partial charge is 0.325 e. The molecule has 1 rings (SSSR count). The minimum absolute atomic E-state index is 0.375. The van der Waals surface area contributed by atoms with Crippen molar-refractivity contribution in [2.24, 2.45) is 5.73 Å². The first-order chi connectivity index (χ1) is 6.13. The van der Waals surface area contributed by atoms with Gasteiger partial charge in [-0.1, -0.05) is 0 Å². The summed E-state index contributed by atoms with van der Waals surface area (Å²) >= 11 is 1.35. The lowest BCUT2D eigenvalue weighted by Crippen LogP contribution is -2.25. The molecule has 1 aromatic heterocycles. The van der Waals surface area contributed by atoms with E-state index < -0.39 is 12.0 Å². The first-order valence-electron chi connectivity index (χ1n) is 3.77. The third kappa shape index (κ3) is 2.67. The Bertz CT molecular complexity index is 300. The number of hydrogen-bond donors (Lipinski definition) is 3. The van der Waals surface area contributed by atoms with Gasteiger partial charge in [-0.15, -0.1) is 11.3 Å². The summed E-state index contributed by atoms with van der Waals surface area (Å²) in [6.45, 7) is 1.94. The van der Waals surface area contributed by atoms with Gasteiger partial charge >= 0.3 is 5.97 Å². The number of nitrogens with two attached hydrogens (primary N) is 1. The lowest BCUT2D eigenvalue weighted by Gasteiger charge is -2.05. The average Bonchev–Trinajstić information content (AvgIpc) is 2.52. The van der Waals surface area contributed by atoms with Gasteiger partial charge in [0.2, 0.25) is 0 Å². The van der Waals surface area contributed by atoms with E-state index in [9.17, 15) is 4.79 Å². The van der Waals surface area contributed by atoms with Crippen LogP contribution in [0.4, 0.5) is 5.13 Å². The predicted molar refractivity (Wildman–Crippen MR) is 50.7 cm³/mol. The van der Waals surface area contributed by atoms with Crippen LogP contribution in [0.3, 0.4) is 0 Å². The van der Waals surface area contributed by atoms with E-state index in [2.05, 4.69) is 10.3 Å². The van der Waals surface area contributed by atoms with Crippen LogP contribution >= 0.6 is 11.3 Å². The second-order valence-electron chi connectivity index (χ2n) is 2.55.